The Balaban J connectivity index is 1.76. The molecule has 2 heterocycles. The molecule has 0 amide bonds. The summed E-state index contributed by atoms with van der Waals surface area (Å²) < 4.78 is 132. The molecule has 16 nitrogen and oxygen atoms in total. The highest BCUT2D eigenvalue weighted by atomic mass is 32.2. The molecule has 2 aliphatic rings. The molecule has 0 fully saturated rings. The summed E-state index contributed by atoms with van der Waals surface area (Å²) >= 11 is 0. The molecule has 20 heteroatoms. The predicted octanol–water partition coefficient (Wildman–Crippen LogP) is 5.06. The van der Waals surface area contributed by atoms with E-state index in [2.05, 4.69) is 0 Å². The van der Waals surface area contributed by atoms with Gasteiger partial charge in [-0.05, 0) is 88.9 Å². The van der Waals surface area contributed by atoms with E-state index in [1.54, 1.807) is 0 Å². The van der Waals surface area contributed by atoms with Crippen LogP contribution in [-0.4, -0.2) is 124 Å². The second-order valence-electron chi connectivity index (χ2n) is 16.0. The van der Waals surface area contributed by atoms with Crippen LogP contribution in [0.4, 0.5) is 22.7 Å². The van der Waals surface area contributed by atoms with E-state index in [4.69, 9.17) is 0 Å². The lowest BCUT2D eigenvalue weighted by Gasteiger charge is -2.27. The first-order valence-corrected chi connectivity index (χ1v) is 26.0. The average molecular weight is 904 g/mol. The minimum Gasteiger partial charge on any atom is -0.372 e. The van der Waals surface area contributed by atoms with Crippen molar-refractivity contribution in [2.75, 3.05) is 77.0 Å². The molecule has 4 N–H and O–H groups in total. The molecule has 0 bridgehead atoms. The molecule has 2 aromatic carbocycles. The lowest BCUT2D eigenvalue weighted by molar-refractivity contribution is -0.437. The van der Waals surface area contributed by atoms with Crippen LogP contribution in [0.3, 0.4) is 0 Å². The molecule has 4 rings (SSSR count). The van der Waals surface area contributed by atoms with Gasteiger partial charge in [0.05, 0.1) is 28.4 Å². The van der Waals surface area contributed by atoms with Crippen LogP contribution in [0, 0.1) is 0 Å². The van der Waals surface area contributed by atoms with Crippen LogP contribution in [0.2, 0.25) is 0 Å². The average Bonchev–Trinajstić information content (AvgIpc) is 3.44. The Morgan fingerprint density at radius 1 is 0.644 bits per heavy atom. The second kappa shape index (κ2) is 18.7. The smallest absolute Gasteiger partial charge is 0.265 e. The van der Waals surface area contributed by atoms with Gasteiger partial charge in [-0.25, -0.2) is 0 Å². The van der Waals surface area contributed by atoms with E-state index in [1.807, 2.05) is 115 Å². The fourth-order valence-corrected chi connectivity index (χ4v) is 10.0. The zero-order valence-corrected chi connectivity index (χ0v) is 37.8. The SMILES string of the molecule is CCN(CCCS(=O)(=O)O)c1ccc2c(c1)C(C)(C)C(=CC=CC1=[N+](CCCS(=O)(=O)O)c3ccc(N(CC)CCCS(=O)(=O)O)cc3C1(C)C)N2CCCS(=O)(=O)O. The highest BCUT2D eigenvalue weighted by Gasteiger charge is 2.45. The van der Waals surface area contributed by atoms with Crippen LogP contribution in [0.5, 0.6) is 0 Å². The summed E-state index contributed by atoms with van der Waals surface area (Å²) in [7, 11) is -16.7. The number of fused-ring (bicyclic) bond motifs is 2. The molecule has 330 valence electrons. The van der Waals surface area contributed by atoms with E-state index in [-0.39, 0.29) is 50.3 Å². The zero-order chi connectivity index (χ0) is 44.2. The fraction of sp³-hybridized carbons (Fsp3) is 0.564. The van der Waals surface area contributed by atoms with Crippen LogP contribution in [0.25, 0.3) is 0 Å². The molecule has 0 saturated carbocycles. The Kier molecular flexibility index (Phi) is 15.3. The summed E-state index contributed by atoms with van der Waals surface area (Å²) in [6.45, 7) is 14.6. The van der Waals surface area contributed by atoms with E-state index in [1.165, 1.54) is 0 Å². The van der Waals surface area contributed by atoms with Crippen LogP contribution in [0.1, 0.15) is 78.4 Å². The molecule has 0 spiro atoms. The third kappa shape index (κ3) is 12.8. The van der Waals surface area contributed by atoms with Crippen molar-refractivity contribution in [2.45, 2.75) is 78.1 Å². The normalized spacial score (nSPS) is 17.3. The van der Waals surface area contributed by atoms with Crippen LogP contribution < -0.4 is 14.7 Å². The minimum atomic E-state index is -4.22. The third-order valence-electron chi connectivity index (χ3n) is 11.0. The fourth-order valence-electron chi connectivity index (χ4n) is 8.06. The second-order valence-corrected chi connectivity index (χ2v) is 22.3. The van der Waals surface area contributed by atoms with Gasteiger partial charge in [0.25, 0.3) is 40.5 Å². The molecule has 0 atom stereocenters. The van der Waals surface area contributed by atoms with Gasteiger partial charge in [0.2, 0.25) is 5.69 Å². The first-order chi connectivity index (χ1) is 27.2. The molecule has 0 saturated heterocycles. The Labute approximate surface area is 350 Å². The van der Waals surface area contributed by atoms with Gasteiger partial charge < -0.3 is 14.7 Å². The summed E-state index contributed by atoms with van der Waals surface area (Å²) in [5.41, 5.74) is 5.79. The highest BCUT2D eigenvalue weighted by molar-refractivity contribution is 7.86. The lowest BCUT2D eigenvalue weighted by Crippen LogP contribution is -2.29. The Morgan fingerprint density at radius 3 is 1.63 bits per heavy atom. The van der Waals surface area contributed by atoms with E-state index >= 15 is 0 Å². The molecule has 2 aromatic rings. The van der Waals surface area contributed by atoms with Gasteiger partial charge in [-0.3, -0.25) is 18.2 Å². The van der Waals surface area contributed by atoms with E-state index in [0.717, 1.165) is 45.3 Å². The Morgan fingerprint density at radius 2 is 1.12 bits per heavy atom. The van der Waals surface area contributed by atoms with Gasteiger partial charge in [-0.1, -0.05) is 19.9 Å². The predicted molar refractivity (Wildman–Crippen MR) is 233 cm³/mol. The van der Waals surface area contributed by atoms with Crippen molar-refractivity contribution in [3.8, 4) is 0 Å². The van der Waals surface area contributed by atoms with E-state index < -0.39 is 62.8 Å². The van der Waals surface area contributed by atoms with Crippen molar-refractivity contribution < 1.29 is 56.5 Å². The van der Waals surface area contributed by atoms with Crippen molar-refractivity contribution >= 4 is 68.9 Å². The van der Waals surface area contributed by atoms with Gasteiger partial charge in [-0.15, -0.1) is 0 Å². The summed E-state index contributed by atoms with van der Waals surface area (Å²) in [6.07, 6.45) is 6.56. The number of benzene rings is 2. The molecule has 0 aromatic heterocycles. The Hall–Kier alpha value is -3.37. The van der Waals surface area contributed by atoms with Gasteiger partial charge >= 0.3 is 0 Å². The van der Waals surface area contributed by atoms with Crippen molar-refractivity contribution in [3.63, 3.8) is 0 Å². The maximum Gasteiger partial charge on any atom is 0.265 e. The maximum atomic E-state index is 11.7. The van der Waals surface area contributed by atoms with Crippen LogP contribution in [0.15, 0.2) is 60.3 Å². The number of allylic oxidation sites excluding steroid dienone is 4. The molecule has 0 radical (unpaired) electrons. The largest absolute Gasteiger partial charge is 0.372 e. The first-order valence-electron chi connectivity index (χ1n) is 19.6. The molecule has 2 aliphatic heterocycles. The van der Waals surface area contributed by atoms with Crippen LogP contribution >= 0.6 is 0 Å². The molecular formula is C39H59N4O12S4+. The van der Waals surface area contributed by atoms with Gasteiger partial charge in [-0.2, -0.15) is 38.2 Å². The van der Waals surface area contributed by atoms with Crippen molar-refractivity contribution in [1.29, 1.82) is 0 Å². The summed E-state index contributed by atoms with van der Waals surface area (Å²) in [4.78, 5) is 6.06. The molecule has 0 aliphatic carbocycles. The zero-order valence-electron chi connectivity index (χ0n) is 34.6. The third-order valence-corrected chi connectivity index (χ3v) is 14.2. The van der Waals surface area contributed by atoms with Crippen molar-refractivity contribution in [2.24, 2.45) is 0 Å². The van der Waals surface area contributed by atoms with Crippen LogP contribution in [-0.2, 0) is 51.3 Å². The summed E-state index contributed by atoms with van der Waals surface area (Å²) in [5.74, 6) is -1.59. The van der Waals surface area contributed by atoms with Gasteiger partial charge in [0, 0.05) is 85.0 Å². The quantitative estimate of drug-likeness (QED) is 0.0894. The monoisotopic (exact) mass is 903 g/mol. The number of nitrogens with zero attached hydrogens (tertiary/aromatic N) is 4. The number of rotatable bonds is 22. The van der Waals surface area contributed by atoms with Gasteiger partial charge in [0.1, 0.15) is 6.54 Å². The van der Waals surface area contributed by atoms with E-state index in [0.29, 0.717) is 26.2 Å². The highest BCUT2D eigenvalue weighted by Crippen LogP contribution is 2.49. The number of hydrogen-bond donors (Lipinski definition) is 4. The molecule has 59 heavy (non-hydrogen) atoms. The molecular weight excluding hydrogens is 845 g/mol. The summed E-state index contributed by atoms with van der Waals surface area (Å²) in [6, 6.07) is 11.8. The first kappa shape index (κ1) is 48.3. The summed E-state index contributed by atoms with van der Waals surface area (Å²) in [5, 5.41) is 0. The van der Waals surface area contributed by atoms with Crippen molar-refractivity contribution in [1.82, 2.24) is 0 Å². The topological polar surface area (TPSA) is 230 Å². The maximum absolute atomic E-state index is 11.7. The standard InChI is InChI=1S/C39H58N4O12S4/c1-7-40(20-10-24-56(44,45)46)30-16-18-34-32(28-30)38(3,4)36(42(34)22-12-26-58(50,51)52)14-9-15-37-39(5,6)33-29-31(41(8-2)21-11-25-57(47,48)49)17-19-35(33)43(37)23-13-27-59(53,54)55/h9,14-19,28-29H,7-8,10-13,20-27H2,1-6H3,(H3-,44,45,46,47,48,49,50,51,52,53,54,55)/p+1. The lowest BCUT2D eigenvalue weighted by atomic mass is 9.81. The van der Waals surface area contributed by atoms with Gasteiger partial charge in [0.15, 0.2) is 5.71 Å². The van der Waals surface area contributed by atoms with E-state index in [9.17, 15) is 51.9 Å². The number of anilines is 3. The van der Waals surface area contributed by atoms with Crippen molar-refractivity contribution in [3.05, 3.63) is 71.5 Å². The Bertz CT molecular complexity index is 2410. The molecule has 0 unspecified atom stereocenters. The number of hydrogen-bond acceptors (Lipinski definition) is 11. The minimum absolute atomic E-state index is 0.141.